The van der Waals surface area contributed by atoms with Crippen LogP contribution in [0.1, 0.15) is 26.3 Å². The van der Waals surface area contributed by atoms with Crippen molar-refractivity contribution >= 4 is 11.9 Å². The van der Waals surface area contributed by atoms with Crippen LogP contribution in [-0.2, 0) is 11.3 Å². The summed E-state index contributed by atoms with van der Waals surface area (Å²) < 4.78 is 5.42. The van der Waals surface area contributed by atoms with Crippen LogP contribution in [0, 0.1) is 0 Å². The number of amides is 3. The van der Waals surface area contributed by atoms with E-state index < -0.39 is 18.0 Å². The largest absolute Gasteiger partial charge is 0.481 e. The number of primary amides is 1. The van der Waals surface area contributed by atoms with Crippen molar-refractivity contribution in [2.75, 3.05) is 0 Å². The maximum Gasteiger partial charge on any atom is 0.318 e. The molecule has 0 aliphatic rings. The molecule has 0 heterocycles. The number of imide groups is 1. The minimum atomic E-state index is -0.888. The van der Waals surface area contributed by atoms with E-state index in [-0.39, 0.29) is 0 Å². The minimum Gasteiger partial charge on any atom is -0.481 e. The third kappa shape index (κ3) is 5.71. The predicted octanol–water partition coefficient (Wildman–Crippen LogP) is 1.15. The zero-order valence-electron chi connectivity index (χ0n) is 12.0. The molecule has 0 aliphatic carbocycles. The normalized spacial score (nSPS) is 12.0. The van der Waals surface area contributed by atoms with Crippen LogP contribution < -0.4 is 21.1 Å². The van der Waals surface area contributed by atoms with Gasteiger partial charge in [-0.3, -0.25) is 10.1 Å². The highest BCUT2D eigenvalue weighted by Crippen LogP contribution is 2.14. The molecule has 1 aromatic rings. The number of nitrogens with one attached hydrogen (secondary N) is 2. The van der Waals surface area contributed by atoms with Gasteiger partial charge in [0.05, 0.1) is 0 Å². The first kappa shape index (κ1) is 16.0. The van der Waals surface area contributed by atoms with Crippen molar-refractivity contribution in [3.63, 3.8) is 0 Å². The Morgan fingerprint density at radius 3 is 2.30 bits per heavy atom. The van der Waals surface area contributed by atoms with Gasteiger partial charge in [-0.25, -0.2) is 4.79 Å². The topological polar surface area (TPSA) is 93.4 Å². The van der Waals surface area contributed by atoms with Crippen LogP contribution in [-0.4, -0.2) is 24.1 Å². The molecule has 0 radical (unpaired) electrons. The van der Waals surface area contributed by atoms with E-state index in [1.165, 1.54) is 0 Å². The molecule has 0 saturated heterocycles. The van der Waals surface area contributed by atoms with Gasteiger partial charge in [0.2, 0.25) is 0 Å². The van der Waals surface area contributed by atoms with Gasteiger partial charge in [-0.15, -0.1) is 0 Å². The third-order valence-corrected chi connectivity index (χ3v) is 2.57. The van der Waals surface area contributed by atoms with E-state index in [2.05, 4.69) is 19.2 Å². The summed E-state index contributed by atoms with van der Waals surface area (Å²) in [5.41, 5.74) is 5.99. The third-order valence-electron chi connectivity index (χ3n) is 2.57. The lowest BCUT2D eigenvalue weighted by Crippen LogP contribution is -2.42. The zero-order chi connectivity index (χ0) is 15.1. The highest BCUT2D eigenvalue weighted by Gasteiger charge is 2.15. The van der Waals surface area contributed by atoms with Gasteiger partial charge in [-0.05, 0) is 24.6 Å². The smallest absolute Gasteiger partial charge is 0.318 e. The maximum absolute atomic E-state index is 11.5. The molecule has 1 rings (SSSR count). The second-order valence-corrected chi connectivity index (χ2v) is 4.79. The van der Waals surface area contributed by atoms with Crippen LogP contribution in [0.5, 0.6) is 5.75 Å². The maximum atomic E-state index is 11.5. The molecule has 0 aliphatic heterocycles. The van der Waals surface area contributed by atoms with E-state index in [0.29, 0.717) is 11.8 Å². The van der Waals surface area contributed by atoms with Crippen molar-refractivity contribution in [3.05, 3.63) is 29.8 Å². The van der Waals surface area contributed by atoms with Gasteiger partial charge in [0.15, 0.2) is 6.10 Å². The number of benzene rings is 1. The van der Waals surface area contributed by atoms with Crippen LogP contribution >= 0.6 is 0 Å². The number of carbonyl (C=O) groups is 2. The van der Waals surface area contributed by atoms with E-state index >= 15 is 0 Å². The quantitative estimate of drug-likeness (QED) is 0.728. The van der Waals surface area contributed by atoms with Crippen LogP contribution in [0.2, 0.25) is 0 Å². The standard InChI is InChI=1S/C14H21N3O3/c1-9(2)16-8-11-4-6-12(7-5-11)20-10(3)13(18)17-14(15)19/h4-7,9-10,16H,8H2,1-3H3,(H3,15,17,18,19). The molecule has 1 unspecified atom stereocenters. The fraction of sp³-hybridized carbons (Fsp3) is 0.429. The first-order valence-electron chi connectivity index (χ1n) is 6.47. The molecule has 6 heteroatoms. The molecule has 3 amide bonds. The lowest BCUT2D eigenvalue weighted by Gasteiger charge is -2.14. The highest BCUT2D eigenvalue weighted by molar-refractivity contribution is 5.95. The summed E-state index contributed by atoms with van der Waals surface area (Å²) in [7, 11) is 0. The average Bonchev–Trinajstić information content (AvgIpc) is 2.37. The highest BCUT2D eigenvalue weighted by atomic mass is 16.5. The molecule has 0 spiro atoms. The number of urea groups is 1. The second-order valence-electron chi connectivity index (χ2n) is 4.79. The SMILES string of the molecule is CC(C)NCc1ccc(OC(C)C(=O)NC(N)=O)cc1. The van der Waals surface area contributed by atoms with E-state index in [0.717, 1.165) is 12.1 Å². The molecule has 20 heavy (non-hydrogen) atoms. The summed E-state index contributed by atoms with van der Waals surface area (Å²) in [6.45, 7) is 6.48. The van der Waals surface area contributed by atoms with Crippen LogP contribution in [0.25, 0.3) is 0 Å². The van der Waals surface area contributed by atoms with Gasteiger partial charge >= 0.3 is 6.03 Å². The average molecular weight is 279 g/mol. The van der Waals surface area contributed by atoms with Crippen molar-refractivity contribution < 1.29 is 14.3 Å². The molecule has 0 aromatic heterocycles. The van der Waals surface area contributed by atoms with Crippen LogP contribution in [0.4, 0.5) is 4.79 Å². The van der Waals surface area contributed by atoms with E-state index in [1.54, 1.807) is 19.1 Å². The van der Waals surface area contributed by atoms with E-state index in [9.17, 15) is 9.59 Å². The number of hydrogen-bond donors (Lipinski definition) is 3. The second kappa shape index (κ2) is 7.49. The molecule has 1 aromatic carbocycles. The van der Waals surface area contributed by atoms with Gasteiger partial charge in [0.25, 0.3) is 5.91 Å². The van der Waals surface area contributed by atoms with E-state index in [1.807, 2.05) is 17.4 Å². The molecule has 0 bridgehead atoms. The van der Waals surface area contributed by atoms with Crippen LogP contribution in [0.15, 0.2) is 24.3 Å². The van der Waals surface area contributed by atoms with Gasteiger partial charge in [-0.2, -0.15) is 0 Å². The Balaban J connectivity index is 2.52. The number of rotatable bonds is 6. The Morgan fingerprint density at radius 2 is 1.80 bits per heavy atom. The Morgan fingerprint density at radius 1 is 1.20 bits per heavy atom. The van der Waals surface area contributed by atoms with Gasteiger partial charge in [0, 0.05) is 12.6 Å². The van der Waals surface area contributed by atoms with Crippen molar-refractivity contribution in [2.45, 2.75) is 39.5 Å². The summed E-state index contributed by atoms with van der Waals surface area (Å²) in [6.07, 6.45) is -0.790. The lowest BCUT2D eigenvalue weighted by atomic mass is 10.2. The molecular formula is C14H21N3O3. The Kier molecular flexibility index (Phi) is 5.99. The number of nitrogens with two attached hydrogens (primary N) is 1. The van der Waals surface area contributed by atoms with Gasteiger partial charge in [-0.1, -0.05) is 26.0 Å². The summed E-state index contributed by atoms with van der Waals surface area (Å²) >= 11 is 0. The first-order valence-corrected chi connectivity index (χ1v) is 6.47. The minimum absolute atomic E-state index is 0.420. The summed E-state index contributed by atoms with van der Waals surface area (Å²) in [6, 6.07) is 6.94. The lowest BCUT2D eigenvalue weighted by molar-refractivity contribution is -0.126. The number of ether oxygens (including phenoxy) is 1. The van der Waals surface area contributed by atoms with E-state index in [4.69, 9.17) is 10.5 Å². The molecule has 6 nitrogen and oxygen atoms in total. The van der Waals surface area contributed by atoms with Crippen molar-refractivity contribution in [1.29, 1.82) is 0 Å². The molecule has 110 valence electrons. The van der Waals surface area contributed by atoms with Crippen LogP contribution in [0.3, 0.4) is 0 Å². The van der Waals surface area contributed by atoms with Gasteiger partial charge in [0.1, 0.15) is 5.75 Å². The summed E-state index contributed by atoms with van der Waals surface area (Å²) in [5.74, 6) is -0.00605. The molecule has 0 fully saturated rings. The van der Waals surface area contributed by atoms with Crippen molar-refractivity contribution in [2.24, 2.45) is 5.73 Å². The monoisotopic (exact) mass is 279 g/mol. The predicted molar refractivity (Wildman–Crippen MR) is 76.2 cm³/mol. The molecule has 4 N–H and O–H groups in total. The molecule has 1 atom stereocenters. The first-order chi connectivity index (χ1) is 9.38. The Hall–Kier alpha value is -2.08. The number of hydrogen-bond acceptors (Lipinski definition) is 4. The van der Waals surface area contributed by atoms with Crippen molar-refractivity contribution in [1.82, 2.24) is 10.6 Å². The fourth-order valence-corrected chi connectivity index (χ4v) is 1.49. The number of carbonyl (C=O) groups excluding carboxylic acids is 2. The zero-order valence-corrected chi connectivity index (χ0v) is 12.0. The molecule has 0 saturated carbocycles. The Labute approximate surface area is 118 Å². The van der Waals surface area contributed by atoms with Crippen molar-refractivity contribution in [3.8, 4) is 5.75 Å². The fourth-order valence-electron chi connectivity index (χ4n) is 1.49. The summed E-state index contributed by atoms with van der Waals surface area (Å²) in [4.78, 5) is 22.0. The molecular weight excluding hydrogens is 258 g/mol. The Bertz CT molecular complexity index is 457. The summed E-state index contributed by atoms with van der Waals surface area (Å²) in [5, 5.41) is 5.28. The van der Waals surface area contributed by atoms with Gasteiger partial charge < -0.3 is 15.8 Å².